The van der Waals surface area contributed by atoms with Crippen LogP contribution >= 0.6 is 11.8 Å². The summed E-state index contributed by atoms with van der Waals surface area (Å²) in [5.41, 5.74) is -1.14. The fraction of sp³-hybridized carbons (Fsp3) is 0.192. The normalized spacial score (nSPS) is 11.9. The molecule has 214 valence electrons. The van der Waals surface area contributed by atoms with Gasteiger partial charge in [0.1, 0.15) is 0 Å². The Kier molecular flexibility index (Phi) is 8.37. The number of aryl methyl sites for hydroxylation is 1. The van der Waals surface area contributed by atoms with Gasteiger partial charge in [-0.2, -0.15) is 26.3 Å². The minimum absolute atomic E-state index is 0.00987. The van der Waals surface area contributed by atoms with Gasteiger partial charge in [0.15, 0.2) is 11.0 Å². The predicted molar refractivity (Wildman–Crippen MR) is 136 cm³/mol. The highest BCUT2D eigenvalue weighted by molar-refractivity contribution is 7.98. The van der Waals surface area contributed by atoms with E-state index in [9.17, 15) is 41.3 Å². The summed E-state index contributed by atoms with van der Waals surface area (Å²) in [4.78, 5) is 23.3. The van der Waals surface area contributed by atoms with Crippen LogP contribution in [-0.2, 0) is 24.7 Å². The summed E-state index contributed by atoms with van der Waals surface area (Å²) in [5, 5.41) is 21.9. The Labute approximate surface area is 232 Å². The predicted octanol–water partition coefficient (Wildman–Crippen LogP) is 6.74. The largest absolute Gasteiger partial charge is 0.416 e. The van der Waals surface area contributed by atoms with E-state index in [4.69, 9.17) is 0 Å². The maximum absolute atomic E-state index is 13.4. The number of halogens is 6. The average Bonchev–Trinajstić information content (AvgIpc) is 3.32. The number of nitrogens with one attached hydrogen (secondary N) is 1. The summed E-state index contributed by atoms with van der Waals surface area (Å²) in [6.45, 7) is 1.21. The lowest BCUT2D eigenvalue weighted by Gasteiger charge is -2.14. The number of hydrogen-bond donors (Lipinski definition) is 1. The topological polar surface area (TPSA) is 103 Å². The van der Waals surface area contributed by atoms with Gasteiger partial charge < -0.3 is 5.32 Å². The number of nitro benzene ring substituents is 1. The van der Waals surface area contributed by atoms with Gasteiger partial charge in [-0.15, -0.1) is 10.2 Å². The first-order valence-electron chi connectivity index (χ1n) is 11.7. The van der Waals surface area contributed by atoms with Crippen LogP contribution in [0.15, 0.2) is 71.9 Å². The standard InChI is InChI=1S/C26H19F6N5O3S/c1-15-5-8-17(11-21(15)37(39)40)23(38)33-13-22-34-35-24(36(22)20-4-2-3-19(12-20)26(30,31)32)41-14-16-6-9-18(10-7-16)25(27,28)29/h2-12H,13-14H2,1H3,(H,33,38). The fourth-order valence-corrected chi connectivity index (χ4v) is 4.66. The average molecular weight is 596 g/mol. The van der Waals surface area contributed by atoms with Crippen LogP contribution in [0.25, 0.3) is 5.69 Å². The molecule has 41 heavy (non-hydrogen) atoms. The summed E-state index contributed by atoms with van der Waals surface area (Å²) in [7, 11) is 0. The van der Waals surface area contributed by atoms with E-state index in [-0.39, 0.29) is 40.2 Å². The lowest BCUT2D eigenvalue weighted by atomic mass is 10.1. The molecule has 0 saturated carbocycles. The number of nitrogens with zero attached hydrogens (tertiary/aromatic N) is 4. The zero-order chi connectivity index (χ0) is 29.9. The van der Waals surface area contributed by atoms with Crippen molar-refractivity contribution in [2.75, 3.05) is 0 Å². The molecule has 0 saturated heterocycles. The molecule has 3 aromatic carbocycles. The Bertz CT molecular complexity index is 1590. The van der Waals surface area contributed by atoms with E-state index >= 15 is 0 Å². The van der Waals surface area contributed by atoms with Crippen LogP contribution < -0.4 is 5.32 Å². The van der Waals surface area contributed by atoms with Gasteiger partial charge in [0.25, 0.3) is 11.6 Å². The number of aromatic nitrogens is 3. The van der Waals surface area contributed by atoms with Crippen molar-refractivity contribution in [2.45, 2.75) is 36.7 Å². The Morgan fingerprint density at radius 3 is 2.27 bits per heavy atom. The molecule has 0 atom stereocenters. The number of amides is 1. The van der Waals surface area contributed by atoms with E-state index in [2.05, 4.69) is 15.5 Å². The second-order valence-electron chi connectivity index (χ2n) is 8.71. The monoisotopic (exact) mass is 595 g/mol. The van der Waals surface area contributed by atoms with Crippen LogP contribution in [0.3, 0.4) is 0 Å². The molecule has 0 aliphatic rings. The summed E-state index contributed by atoms with van der Waals surface area (Å²) in [6.07, 6.45) is -9.15. The van der Waals surface area contributed by atoms with Crippen molar-refractivity contribution in [1.29, 1.82) is 0 Å². The van der Waals surface area contributed by atoms with Gasteiger partial charge in [-0.3, -0.25) is 19.5 Å². The second-order valence-corrected chi connectivity index (χ2v) is 9.65. The van der Waals surface area contributed by atoms with Gasteiger partial charge in [0.2, 0.25) is 0 Å². The van der Waals surface area contributed by atoms with Gasteiger partial charge >= 0.3 is 12.4 Å². The Balaban J connectivity index is 1.62. The van der Waals surface area contributed by atoms with Gasteiger partial charge in [-0.05, 0) is 48.9 Å². The van der Waals surface area contributed by atoms with Crippen molar-refractivity contribution in [3.63, 3.8) is 0 Å². The lowest BCUT2D eigenvalue weighted by molar-refractivity contribution is -0.385. The van der Waals surface area contributed by atoms with Gasteiger partial charge in [0.05, 0.1) is 28.3 Å². The van der Waals surface area contributed by atoms with Crippen LogP contribution in [0.4, 0.5) is 32.0 Å². The first-order chi connectivity index (χ1) is 19.2. The third-order valence-corrected chi connectivity index (χ3v) is 6.86. The number of hydrogen-bond acceptors (Lipinski definition) is 6. The van der Waals surface area contributed by atoms with Crippen molar-refractivity contribution in [1.82, 2.24) is 20.1 Å². The number of thioether (sulfide) groups is 1. The molecular weight excluding hydrogens is 576 g/mol. The first-order valence-corrected chi connectivity index (χ1v) is 12.7. The number of alkyl halides is 6. The van der Waals surface area contributed by atoms with Crippen molar-refractivity contribution < 1.29 is 36.1 Å². The molecule has 0 unspecified atom stereocenters. The summed E-state index contributed by atoms with van der Waals surface area (Å²) in [5.74, 6) is -0.519. The van der Waals surface area contributed by atoms with Crippen molar-refractivity contribution in [3.8, 4) is 5.69 Å². The van der Waals surface area contributed by atoms with Gasteiger partial charge in [-0.1, -0.05) is 36.0 Å². The number of carbonyl (C=O) groups excluding carboxylic acids is 1. The maximum atomic E-state index is 13.4. The summed E-state index contributed by atoms with van der Waals surface area (Å²) < 4.78 is 80.2. The van der Waals surface area contributed by atoms with E-state index in [0.717, 1.165) is 42.1 Å². The van der Waals surface area contributed by atoms with Crippen LogP contribution in [0.5, 0.6) is 0 Å². The van der Waals surface area contributed by atoms with Crippen molar-refractivity contribution in [2.24, 2.45) is 0 Å². The first kappa shape index (κ1) is 29.6. The molecule has 1 amide bonds. The van der Waals surface area contributed by atoms with Crippen LogP contribution in [0, 0.1) is 17.0 Å². The quantitative estimate of drug-likeness (QED) is 0.105. The highest BCUT2D eigenvalue weighted by Gasteiger charge is 2.31. The minimum Gasteiger partial charge on any atom is -0.345 e. The van der Waals surface area contributed by atoms with Gasteiger partial charge in [0, 0.05) is 22.9 Å². The molecule has 1 aromatic heterocycles. The van der Waals surface area contributed by atoms with Crippen molar-refractivity contribution >= 4 is 23.4 Å². The molecule has 0 spiro atoms. The summed E-state index contributed by atoms with van der Waals surface area (Å²) >= 11 is 1.02. The van der Waals surface area contributed by atoms with Crippen molar-refractivity contribution in [3.05, 3.63) is 110 Å². The number of rotatable bonds is 8. The molecular formula is C26H19F6N5O3S. The molecule has 15 heteroatoms. The third-order valence-electron chi connectivity index (χ3n) is 5.86. The second kappa shape index (κ2) is 11.6. The Morgan fingerprint density at radius 1 is 0.951 bits per heavy atom. The highest BCUT2D eigenvalue weighted by atomic mass is 32.2. The SMILES string of the molecule is Cc1ccc(C(=O)NCc2nnc(SCc3ccc(C(F)(F)F)cc3)n2-c2cccc(C(F)(F)F)c2)cc1[N+](=O)[O-]. The third kappa shape index (κ3) is 7.03. The molecule has 1 N–H and O–H groups in total. The van der Waals surface area contributed by atoms with E-state index in [1.807, 2.05) is 0 Å². The van der Waals surface area contributed by atoms with Crippen LogP contribution in [0.1, 0.15) is 38.4 Å². The summed E-state index contributed by atoms with van der Waals surface area (Å²) in [6, 6.07) is 12.6. The molecule has 0 aliphatic heterocycles. The van der Waals surface area contributed by atoms with E-state index in [1.165, 1.54) is 47.9 Å². The highest BCUT2D eigenvalue weighted by Crippen LogP contribution is 2.33. The molecule has 4 rings (SSSR count). The van der Waals surface area contributed by atoms with E-state index < -0.39 is 34.3 Å². The molecule has 0 radical (unpaired) electrons. The van der Waals surface area contributed by atoms with E-state index in [1.54, 1.807) is 0 Å². The maximum Gasteiger partial charge on any atom is 0.416 e. The number of nitro groups is 1. The number of carbonyl (C=O) groups is 1. The zero-order valence-electron chi connectivity index (χ0n) is 21.0. The molecule has 1 heterocycles. The smallest absolute Gasteiger partial charge is 0.345 e. The molecule has 0 fully saturated rings. The lowest BCUT2D eigenvalue weighted by Crippen LogP contribution is -2.25. The van der Waals surface area contributed by atoms with E-state index in [0.29, 0.717) is 11.1 Å². The van der Waals surface area contributed by atoms with Gasteiger partial charge in [-0.25, -0.2) is 0 Å². The zero-order valence-corrected chi connectivity index (χ0v) is 21.8. The minimum atomic E-state index is -4.65. The fourth-order valence-electron chi connectivity index (χ4n) is 3.74. The van der Waals surface area contributed by atoms with Crippen LogP contribution in [0.2, 0.25) is 0 Å². The Hall–Kier alpha value is -4.40. The van der Waals surface area contributed by atoms with Crippen LogP contribution in [-0.4, -0.2) is 25.6 Å². The molecule has 0 aliphatic carbocycles. The number of benzene rings is 3. The molecule has 4 aromatic rings. The Morgan fingerprint density at radius 2 is 1.63 bits per heavy atom. The molecule has 8 nitrogen and oxygen atoms in total. The molecule has 0 bridgehead atoms.